The van der Waals surface area contributed by atoms with Gasteiger partial charge in [-0.3, -0.25) is 24.5 Å². The van der Waals surface area contributed by atoms with Crippen molar-refractivity contribution in [2.45, 2.75) is 32.4 Å². The van der Waals surface area contributed by atoms with Crippen molar-refractivity contribution >= 4 is 40.2 Å². The summed E-state index contributed by atoms with van der Waals surface area (Å²) < 4.78 is 1.43. The second-order valence-electron chi connectivity index (χ2n) is 8.91. The molecule has 4 aromatic rings. The predicted molar refractivity (Wildman–Crippen MR) is 128 cm³/mol. The topological polar surface area (TPSA) is 142 Å². The highest BCUT2D eigenvalue weighted by molar-refractivity contribution is 6.09. The number of imide groups is 1. The Balaban J connectivity index is 1.22. The fourth-order valence-electron chi connectivity index (χ4n) is 4.79. The number of benzene rings is 2. The number of hydrogen-bond donors (Lipinski definition) is 3. The summed E-state index contributed by atoms with van der Waals surface area (Å²) in [4.78, 5) is 54.4. The average Bonchev–Trinajstić information content (AvgIpc) is 3.56. The van der Waals surface area contributed by atoms with E-state index in [9.17, 15) is 19.2 Å². The largest absolute Gasteiger partial charge is 0.357 e. The standard InChI is InChI=1S/C25H21N7O4/c1-13-22(16-4-2-3-5-18(16)26-13)28-23(34)19-12-32(30-29-19)15-7-6-14-11-31(25(36)17(14)10-15)20-8-9-21(33)27-24(20)35/h2-7,10,12,20,26H,8-9,11H2,1H3,(H,28,34)(H,27,33,35). The molecule has 2 aliphatic heterocycles. The fraction of sp³-hybridized carbons (Fsp3) is 0.200. The number of aromatic amines is 1. The molecule has 0 saturated carbocycles. The van der Waals surface area contributed by atoms with Gasteiger partial charge in [-0.1, -0.05) is 29.5 Å². The van der Waals surface area contributed by atoms with Gasteiger partial charge in [0, 0.05) is 35.1 Å². The van der Waals surface area contributed by atoms with Gasteiger partial charge in [0.2, 0.25) is 11.8 Å². The molecule has 0 bridgehead atoms. The molecule has 0 radical (unpaired) electrons. The maximum absolute atomic E-state index is 13.1. The van der Waals surface area contributed by atoms with Crippen LogP contribution in [-0.4, -0.2) is 54.5 Å². The maximum atomic E-state index is 13.1. The Morgan fingerprint density at radius 3 is 2.81 bits per heavy atom. The SMILES string of the molecule is Cc1[nH]c2ccccc2c1NC(=O)c1cn(-c2ccc3c(c2)C(=O)N(C2CCC(=O)NC2=O)C3)nn1. The van der Waals surface area contributed by atoms with E-state index in [0.717, 1.165) is 22.2 Å². The molecule has 0 spiro atoms. The van der Waals surface area contributed by atoms with Gasteiger partial charge >= 0.3 is 0 Å². The van der Waals surface area contributed by atoms with Crippen molar-refractivity contribution in [3.63, 3.8) is 0 Å². The molecule has 2 aromatic heterocycles. The number of piperidine rings is 1. The summed E-state index contributed by atoms with van der Waals surface area (Å²) in [7, 11) is 0. The quantitative estimate of drug-likeness (QED) is 0.380. The number of anilines is 1. The number of para-hydroxylation sites is 1. The lowest BCUT2D eigenvalue weighted by molar-refractivity contribution is -0.136. The van der Waals surface area contributed by atoms with Gasteiger partial charge in [-0.25, -0.2) is 4.68 Å². The highest BCUT2D eigenvalue weighted by atomic mass is 16.2. The van der Waals surface area contributed by atoms with Gasteiger partial charge in [-0.2, -0.15) is 0 Å². The Bertz CT molecular complexity index is 1580. The number of carbonyl (C=O) groups excluding carboxylic acids is 4. The Kier molecular flexibility index (Phi) is 4.92. The van der Waals surface area contributed by atoms with Gasteiger partial charge in [0.05, 0.1) is 17.6 Å². The van der Waals surface area contributed by atoms with E-state index in [4.69, 9.17) is 0 Å². The number of nitrogens with zero attached hydrogens (tertiary/aromatic N) is 4. The smallest absolute Gasteiger partial charge is 0.277 e. The first-order valence-electron chi connectivity index (χ1n) is 11.5. The highest BCUT2D eigenvalue weighted by Crippen LogP contribution is 2.30. The van der Waals surface area contributed by atoms with Crippen LogP contribution in [0.4, 0.5) is 5.69 Å². The van der Waals surface area contributed by atoms with E-state index >= 15 is 0 Å². The Labute approximate surface area is 204 Å². The summed E-state index contributed by atoms with van der Waals surface area (Å²) in [6.45, 7) is 2.17. The van der Waals surface area contributed by atoms with Gasteiger partial charge in [-0.05, 0) is 37.1 Å². The van der Waals surface area contributed by atoms with Crippen LogP contribution < -0.4 is 10.6 Å². The van der Waals surface area contributed by atoms with Crippen LogP contribution in [0.25, 0.3) is 16.6 Å². The molecular weight excluding hydrogens is 462 g/mol. The van der Waals surface area contributed by atoms with E-state index in [1.165, 1.54) is 15.8 Å². The van der Waals surface area contributed by atoms with Gasteiger partial charge in [-0.15, -0.1) is 5.10 Å². The van der Waals surface area contributed by atoms with Crippen molar-refractivity contribution in [2.75, 3.05) is 5.32 Å². The van der Waals surface area contributed by atoms with Gasteiger partial charge < -0.3 is 15.2 Å². The van der Waals surface area contributed by atoms with Gasteiger partial charge in [0.15, 0.2) is 5.69 Å². The highest BCUT2D eigenvalue weighted by Gasteiger charge is 2.39. The number of nitrogens with one attached hydrogen (secondary N) is 3. The summed E-state index contributed by atoms with van der Waals surface area (Å²) >= 11 is 0. The minimum Gasteiger partial charge on any atom is -0.357 e. The van der Waals surface area contributed by atoms with Crippen molar-refractivity contribution in [2.24, 2.45) is 0 Å². The molecule has 11 nitrogen and oxygen atoms in total. The summed E-state index contributed by atoms with van der Waals surface area (Å²) in [5.74, 6) is -1.47. The molecule has 1 unspecified atom stereocenters. The molecule has 6 rings (SSSR count). The summed E-state index contributed by atoms with van der Waals surface area (Å²) in [5.41, 5.74) is 4.34. The van der Waals surface area contributed by atoms with E-state index in [2.05, 4.69) is 25.9 Å². The minimum absolute atomic E-state index is 0.122. The molecule has 1 fully saturated rings. The molecule has 2 aliphatic rings. The first kappa shape index (κ1) is 21.7. The Morgan fingerprint density at radius 2 is 1.97 bits per heavy atom. The number of aryl methyl sites for hydroxylation is 1. The monoisotopic (exact) mass is 483 g/mol. The third kappa shape index (κ3) is 3.52. The van der Waals surface area contributed by atoms with Crippen molar-refractivity contribution < 1.29 is 19.2 Å². The van der Waals surface area contributed by atoms with Crippen LogP contribution in [0.1, 0.15) is 44.9 Å². The van der Waals surface area contributed by atoms with E-state index in [0.29, 0.717) is 23.4 Å². The normalized spacial score (nSPS) is 17.4. The van der Waals surface area contributed by atoms with Crippen LogP contribution in [-0.2, 0) is 16.1 Å². The van der Waals surface area contributed by atoms with Gasteiger partial charge in [0.1, 0.15) is 6.04 Å². The van der Waals surface area contributed by atoms with Gasteiger partial charge in [0.25, 0.3) is 11.8 Å². The predicted octanol–water partition coefficient (Wildman–Crippen LogP) is 2.07. The van der Waals surface area contributed by atoms with Crippen molar-refractivity contribution in [1.29, 1.82) is 0 Å². The third-order valence-electron chi connectivity index (χ3n) is 6.63. The number of carbonyl (C=O) groups is 4. The zero-order chi connectivity index (χ0) is 25.0. The zero-order valence-electron chi connectivity index (χ0n) is 19.2. The average molecular weight is 483 g/mol. The molecule has 1 saturated heterocycles. The summed E-state index contributed by atoms with van der Waals surface area (Å²) in [6.07, 6.45) is 2.00. The van der Waals surface area contributed by atoms with E-state index in [1.54, 1.807) is 18.2 Å². The number of H-pyrrole nitrogens is 1. The van der Waals surface area contributed by atoms with E-state index in [-0.39, 0.29) is 30.5 Å². The van der Waals surface area contributed by atoms with E-state index < -0.39 is 17.9 Å². The van der Waals surface area contributed by atoms with Crippen molar-refractivity contribution in [1.82, 2.24) is 30.2 Å². The molecular formula is C25H21N7O4. The van der Waals surface area contributed by atoms with Crippen LogP contribution in [0.2, 0.25) is 0 Å². The number of rotatable bonds is 4. The lowest BCUT2D eigenvalue weighted by Gasteiger charge is -2.29. The van der Waals surface area contributed by atoms with Crippen molar-refractivity contribution in [3.8, 4) is 5.69 Å². The fourth-order valence-corrected chi connectivity index (χ4v) is 4.79. The van der Waals surface area contributed by atoms with Crippen LogP contribution in [0.15, 0.2) is 48.7 Å². The number of fused-ring (bicyclic) bond motifs is 2. The molecule has 1 atom stereocenters. The Hall–Kier alpha value is -4.80. The number of amides is 4. The molecule has 180 valence electrons. The Morgan fingerprint density at radius 1 is 1.14 bits per heavy atom. The lowest BCUT2D eigenvalue weighted by Crippen LogP contribution is -2.52. The number of aromatic nitrogens is 4. The zero-order valence-corrected chi connectivity index (χ0v) is 19.2. The number of hydrogen-bond acceptors (Lipinski definition) is 6. The van der Waals surface area contributed by atoms with Crippen LogP contribution >= 0.6 is 0 Å². The minimum atomic E-state index is -0.680. The molecule has 3 N–H and O–H groups in total. The molecule has 36 heavy (non-hydrogen) atoms. The lowest BCUT2D eigenvalue weighted by atomic mass is 10.0. The van der Waals surface area contributed by atoms with Crippen LogP contribution in [0, 0.1) is 6.92 Å². The molecule has 0 aliphatic carbocycles. The van der Waals surface area contributed by atoms with Crippen LogP contribution in [0.3, 0.4) is 0 Å². The molecule has 4 heterocycles. The second-order valence-corrected chi connectivity index (χ2v) is 8.91. The summed E-state index contributed by atoms with van der Waals surface area (Å²) in [5, 5.41) is 14.2. The molecule has 2 aromatic carbocycles. The molecule has 4 amide bonds. The first-order valence-corrected chi connectivity index (χ1v) is 11.5. The molecule has 11 heteroatoms. The van der Waals surface area contributed by atoms with Crippen LogP contribution in [0.5, 0.6) is 0 Å². The van der Waals surface area contributed by atoms with Crippen molar-refractivity contribution in [3.05, 3.63) is 71.2 Å². The third-order valence-corrected chi connectivity index (χ3v) is 6.63. The first-order chi connectivity index (χ1) is 17.4. The second kappa shape index (κ2) is 8.15. The van der Waals surface area contributed by atoms with E-state index in [1.807, 2.05) is 31.2 Å². The maximum Gasteiger partial charge on any atom is 0.277 e. The summed E-state index contributed by atoms with van der Waals surface area (Å²) in [6, 6.07) is 12.2.